The Labute approximate surface area is 132 Å². The third-order valence-corrected chi connectivity index (χ3v) is 6.06. The largest absolute Gasteiger partial charge is 0.370 e. The van der Waals surface area contributed by atoms with E-state index < -0.39 is 0 Å². The Morgan fingerprint density at radius 1 is 1.29 bits per heavy atom. The summed E-state index contributed by atoms with van der Waals surface area (Å²) in [6, 6.07) is 11.3. The number of rotatable bonds is 5. The van der Waals surface area contributed by atoms with Crippen molar-refractivity contribution < 1.29 is 0 Å². The van der Waals surface area contributed by atoms with Crippen LogP contribution < -0.4 is 5.73 Å². The average Bonchev–Trinajstić information content (AvgIpc) is 3.26. The van der Waals surface area contributed by atoms with Crippen molar-refractivity contribution in [2.24, 2.45) is 10.7 Å². The maximum Gasteiger partial charge on any atom is 0.191 e. The smallest absolute Gasteiger partial charge is 0.191 e. The second-order valence-electron chi connectivity index (χ2n) is 6.32. The van der Waals surface area contributed by atoms with Crippen LogP contribution in [-0.2, 0) is 0 Å². The second-order valence-corrected chi connectivity index (χ2v) is 7.86. The number of thioether (sulfide) groups is 1. The van der Waals surface area contributed by atoms with Crippen molar-refractivity contribution in [1.82, 2.24) is 4.90 Å². The Morgan fingerprint density at radius 3 is 2.57 bits per heavy atom. The van der Waals surface area contributed by atoms with Gasteiger partial charge in [-0.15, -0.1) is 11.8 Å². The fraction of sp³-hybridized carbons (Fsp3) is 0.588. The van der Waals surface area contributed by atoms with E-state index in [1.54, 1.807) is 0 Å². The lowest BCUT2D eigenvalue weighted by Crippen LogP contribution is -2.37. The van der Waals surface area contributed by atoms with E-state index in [-0.39, 0.29) is 4.75 Å². The summed E-state index contributed by atoms with van der Waals surface area (Å²) in [5, 5.41) is 0. The number of aliphatic imine (C=N–C) groups is 1. The molecule has 0 amide bonds. The standard InChI is InChI=1S/C17H25N3S/c1-20(14-9-10-14)16(18)19-13-17(11-5-6-12-17)21-15-7-3-2-4-8-15/h2-4,7-8,14H,5-6,9-13H2,1H3,(H2,18,19). The van der Waals surface area contributed by atoms with E-state index in [1.165, 1.54) is 43.4 Å². The van der Waals surface area contributed by atoms with Crippen molar-refractivity contribution in [2.45, 2.75) is 54.2 Å². The molecular formula is C17H25N3S. The van der Waals surface area contributed by atoms with Crippen LogP contribution in [0.25, 0.3) is 0 Å². The number of nitrogens with two attached hydrogens (primary N) is 1. The molecule has 0 radical (unpaired) electrons. The van der Waals surface area contributed by atoms with Gasteiger partial charge in [0.1, 0.15) is 0 Å². The van der Waals surface area contributed by atoms with Gasteiger partial charge >= 0.3 is 0 Å². The van der Waals surface area contributed by atoms with Gasteiger partial charge in [0.15, 0.2) is 5.96 Å². The van der Waals surface area contributed by atoms with E-state index in [0.717, 1.165) is 12.5 Å². The van der Waals surface area contributed by atoms with Gasteiger partial charge in [0.2, 0.25) is 0 Å². The molecule has 1 aromatic carbocycles. The average molecular weight is 303 g/mol. The molecule has 0 heterocycles. The predicted octanol–water partition coefficient (Wildman–Crippen LogP) is 3.50. The lowest BCUT2D eigenvalue weighted by molar-refractivity contribution is 0.484. The van der Waals surface area contributed by atoms with Crippen LogP contribution in [0.1, 0.15) is 38.5 Å². The highest BCUT2D eigenvalue weighted by Gasteiger charge is 2.35. The first-order valence-corrected chi connectivity index (χ1v) is 8.77. The molecule has 0 aliphatic heterocycles. The lowest BCUT2D eigenvalue weighted by atomic mass is 10.1. The molecule has 21 heavy (non-hydrogen) atoms. The fourth-order valence-electron chi connectivity index (χ4n) is 3.04. The van der Waals surface area contributed by atoms with Crippen molar-refractivity contribution in [2.75, 3.05) is 13.6 Å². The number of benzene rings is 1. The topological polar surface area (TPSA) is 41.6 Å². The highest BCUT2D eigenvalue weighted by atomic mass is 32.2. The Balaban J connectivity index is 1.67. The molecule has 0 spiro atoms. The summed E-state index contributed by atoms with van der Waals surface area (Å²) >= 11 is 2.00. The van der Waals surface area contributed by atoms with Crippen LogP contribution >= 0.6 is 11.8 Å². The van der Waals surface area contributed by atoms with E-state index >= 15 is 0 Å². The van der Waals surface area contributed by atoms with Crippen molar-refractivity contribution in [1.29, 1.82) is 0 Å². The second kappa shape index (κ2) is 6.30. The van der Waals surface area contributed by atoms with Crippen molar-refractivity contribution in [3.63, 3.8) is 0 Å². The van der Waals surface area contributed by atoms with Crippen LogP contribution in [-0.4, -0.2) is 35.2 Å². The van der Waals surface area contributed by atoms with Gasteiger partial charge in [0.05, 0.1) is 6.54 Å². The Morgan fingerprint density at radius 2 is 1.95 bits per heavy atom. The summed E-state index contributed by atoms with van der Waals surface area (Å²) in [5.41, 5.74) is 6.16. The molecule has 2 fully saturated rings. The molecule has 2 aliphatic carbocycles. The summed E-state index contributed by atoms with van der Waals surface area (Å²) in [6.45, 7) is 0.843. The molecule has 2 aliphatic rings. The first kappa shape index (κ1) is 14.8. The van der Waals surface area contributed by atoms with Crippen LogP contribution in [0.2, 0.25) is 0 Å². The monoisotopic (exact) mass is 303 g/mol. The zero-order valence-corrected chi connectivity index (χ0v) is 13.6. The number of nitrogens with zero attached hydrogens (tertiary/aromatic N) is 2. The van der Waals surface area contributed by atoms with E-state index in [1.807, 2.05) is 11.8 Å². The zero-order valence-electron chi connectivity index (χ0n) is 12.8. The number of guanidine groups is 1. The maximum absolute atomic E-state index is 6.16. The van der Waals surface area contributed by atoms with Gasteiger partial charge in [-0.3, -0.25) is 4.99 Å². The number of hydrogen-bond acceptors (Lipinski definition) is 2. The molecule has 0 bridgehead atoms. The van der Waals surface area contributed by atoms with Gasteiger partial charge in [-0.05, 0) is 37.8 Å². The first-order valence-electron chi connectivity index (χ1n) is 7.95. The van der Waals surface area contributed by atoms with Crippen LogP contribution in [0.5, 0.6) is 0 Å². The highest BCUT2D eigenvalue weighted by molar-refractivity contribution is 8.00. The lowest BCUT2D eigenvalue weighted by Gasteiger charge is -2.27. The van der Waals surface area contributed by atoms with Crippen LogP contribution in [0, 0.1) is 0 Å². The molecule has 2 N–H and O–H groups in total. The van der Waals surface area contributed by atoms with E-state index in [9.17, 15) is 0 Å². The van der Waals surface area contributed by atoms with E-state index in [4.69, 9.17) is 10.7 Å². The van der Waals surface area contributed by atoms with E-state index in [0.29, 0.717) is 6.04 Å². The summed E-state index contributed by atoms with van der Waals surface area (Å²) < 4.78 is 0.246. The normalized spacial score (nSPS) is 21.5. The van der Waals surface area contributed by atoms with Crippen LogP contribution in [0.4, 0.5) is 0 Å². The third-order valence-electron chi connectivity index (χ3n) is 4.58. The maximum atomic E-state index is 6.16. The molecule has 0 unspecified atom stereocenters. The minimum Gasteiger partial charge on any atom is -0.370 e. The summed E-state index contributed by atoms with van der Waals surface area (Å²) in [7, 11) is 2.07. The molecular weight excluding hydrogens is 278 g/mol. The van der Waals surface area contributed by atoms with Gasteiger partial charge in [-0.25, -0.2) is 0 Å². The first-order chi connectivity index (χ1) is 10.2. The number of hydrogen-bond donors (Lipinski definition) is 1. The summed E-state index contributed by atoms with van der Waals surface area (Å²) in [6.07, 6.45) is 7.64. The molecule has 114 valence electrons. The minimum absolute atomic E-state index is 0.246. The molecule has 2 saturated carbocycles. The van der Waals surface area contributed by atoms with Gasteiger partial charge in [-0.2, -0.15) is 0 Å². The predicted molar refractivity (Wildman–Crippen MR) is 90.8 cm³/mol. The van der Waals surface area contributed by atoms with Crippen LogP contribution in [0.3, 0.4) is 0 Å². The quantitative estimate of drug-likeness (QED) is 0.668. The Kier molecular flexibility index (Phi) is 4.43. The van der Waals surface area contributed by atoms with Crippen LogP contribution in [0.15, 0.2) is 40.2 Å². The summed E-state index contributed by atoms with van der Waals surface area (Å²) in [5.74, 6) is 0.720. The third kappa shape index (κ3) is 3.73. The molecule has 3 rings (SSSR count). The molecule has 4 heteroatoms. The fourth-order valence-corrected chi connectivity index (χ4v) is 4.45. The van der Waals surface area contributed by atoms with Gasteiger partial charge in [-0.1, -0.05) is 31.0 Å². The molecule has 3 nitrogen and oxygen atoms in total. The zero-order chi connectivity index (χ0) is 14.7. The van der Waals surface area contributed by atoms with Gasteiger partial charge < -0.3 is 10.6 Å². The Hall–Kier alpha value is -1.16. The van der Waals surface area contributed by atoms with Gasteiger partial charge in [0, 0.05) is 22.7 Å². The minimum atomic E-state index is 0.246. The van der Waals surface area contributed by atoms with Crippen molar-refractivity contribution in [3.05, 3.63) is 30.3 Å². The molecule has 0 atom stereocenters. The van der Waals surface area contributed by atoms with Gasteiger partial charge in [0.25, 0.3) is 0 Å². The molecule has 0 saturated heterocycles. The van der Waals surface area contributed by atoms with Crippen molar-refractivity contribution >= 4 is 17.7 Å². The molecule has 1 aromatic rings. The molecule has 0 aromatic heterocycles. The Bertz CT molecular complexity index is 490. The van der Waals surface area contributed by atoms with E-state index in [2.05, 4.69) is 42.3 Å². The SMILES string of the molecule is CN(C(N)=NCC1(Sc2ccccc2)CCCC1)C1CC1. The van der Waals surface area contributed by atoms with Crippen molar-refractivity contribution in [3.8, 4) is 0 Å². The summed E-state index contributed by atoms with van der Waals surface area (Å²) in [4.78, 5) is 8.23. The highest BCUT2D eigenvalue weighted by Crippen LogP contribution is 2.45.